The second kappa shape index (κ2) is 6.13. The van der Waals surface area contributed by atoms with Crippen LogP contribution in [-0.2, 0) is 6.54 Å². The Morgan fingerprint density at radius 3 is 2.59 bits per heavy atom. The van der Waals surface area contributed by atoms with Crippen LogP contribution in [0.1, 0.15) is 36.4 Å². The minimum absolute atomic E-state index is 0.149. The van der Waals surface area contributed by atoms with Crippen molar-refractivity contribution in [3.05, 3.63) is 73.3 Å². The van der Waals surface area contributed by atoms with E-state index in [0.29, 0.717) is 23.5 Å². The van der Waals surface area contributed by atoms with Crippen LogP contribution in [0.3, 0.4) is 0 Å². The van der Waals surface area contributed by atoms with Crippen molar-refractivity contribution in [1.82, 2.24) is 9.55 Å². The molecule has 0 aliphatic heterocycles. The van der Waals surface area contributed by atoms with Crippen LogP contribution >= 0.6 is 0 Å². The fourth-order valence-corrected chi connectivity index (χ4v) is 2.65. The number of aryl methyl sites for hydroxylation is 2. The van der Waals surface area contributed by atoms with Gasteiger partial charge in [0, 0.05) is 29.4 Å². The van der Waals surface area contributed by atoms with E-state index < -0.39 is 11.4 Å². The van der Waals surface area contributed by atoms with Crippen LogP contribution in [0.4, 0.5) is 4.39 Å². The molecule has 1 N–H and O–H groups in total. The normalized spacial score (nSPS) is 11.8. The van der Waals surface area contributed by atoms with Crippen molar-refractivity contribution in [3.63, 3.8) is 0 Å². The highest BCUT2D eigenvalue weighted by Gasteiger charge is 2.18. The molecule has 0 atom stereocenters. The van der Waals surface area contributed by atoms with Crippen LogP contribution in [-0.4, -0.2) is 9.55 Å². The summed E-state index contributed by atoms with van der Waals surface area (Å²) in [5.41, 5.74) is 1.91. The third-order valence-corrected chi connectivity index (χ3v) is 3.64. The molecular formula is C17H19FN2O2. The van der Waals surface area contributed by atoms with E-state index in [0.717, 1.165) is 5.56 Å². The SMILES string of the molecule is C/C=C(/c1cc(C)[nH]c(=O)c1F)c1c(C)ccc(=O)n1CC. The number of hydrogen-bond donors (Lipinski definition) is 1. The summed E-state index contributed by atoms with van der Waals surface area (Å²) >= 11 is 0. The van der Waals surface area contributed by atoms with Gasteiger partial charge in [-0.3, -0.25) is 9.59 Å². The van der Waals surface area contributed by atoms with Crippen molar-refractivity contribution < 1.29 is 4.39 Å². The molecule has 0 radical (unpaired) electrons. The molecule has 0 fully saturated rings. The molecular weight excluding hydrogens is 283 g/mol. The number of nitrogens with zero attached hydrogens (tertiary/aromatic N) is 1. The molecule has 4 nitrogen and oxygen atoms in total. The van der Waals surface area contributed by atoms with Gasteiger partial charge in [0.2, 0.25) is 0 Å². The molecule has 2 rings (SSSR count). The quantitative estimate of drug-likeness (QED) is 0.948. The number of pyridine rings is 2. The summed E-state index contributed by atoms with van der Waals surface area (Å²) in [4.78, 5) is 26.2. The molecule has 0 bridgehead atoms. The van der Waals surface area contributed by atoms with E-state index in [4.69, 9.17) is 0 Å². The third kappa shape index (κ3) is 2.66. The third-order valence-electron chi connectivity index (χ3n) is 3.64. The van der Waals surface area contributed by atoms with E-state index in [1.165, 1.54) is 6.07 Å². The van der Waals surface area contributed by atoms with E-state index in [1.807, 2.05) is 13.8 Å². The smallest absolute Gasteiger partial charge is 0.284 e. The highest BCUT2D eigenvalue weighted by Crippen LogP contribution is 2.26. The number of nitrogens with one attached hydrogen (secondary N) is 1. The lowest BCUT2D eigenvalue weighted by Gasteiger charge is -2.17. The zero-order valence-electron chi connectivity index (χ0n) is 13.2. The number of aromatic amines is 1. The van der Waals surface area contributed by atoms with E-state index in [-0.39, 0.29) is 11.1 Å². The predicted octanol–water partition coefficient (Wildman–Crippen LogP) is 2.76. The molecule has 0 saturated carbocycles. The Morgan fingerprint density at radius 1 is 1.32 bits per heavy atom. The average molecular weight is 302 g/mol. The van der Waals surface area contributed by atoms with Crippen molar-refractivity contribution in [1.29, 1.82) is 0 Å². The van der Waals surface area contributed by atoms with Gasteiger partial charge >= 0.3 is 0 Å². The van der Waals surface area contributed by atoms with E-state index in [1.54, 1.807) is 36.6 Å². The maximum atomic E-state index is 14.3. The second-order valence-electron chi connectivity index (χ2n) is 5.16. The van der Waals surface area contributed by atoms with Crippen molar-refractivity contribution in [2.75, 3.05) is 0 Å². The summed E-state index contributed by atoms with van der Waals surface area (Å²) in [7, 11) is 0. The molecule has 0 aromatic carbocycles. The molecule has 2 aromatic rings. The standard InChI is InChI=1S/C17H19FN2O2/c1-5-12(13-9-11(4)19-17(22)15(13)18)16-10(3)7-8-14(21)20(16)6-2/h5,7-9H,6H2,1-4H3,(H,19,22)/b12-5-. The molecule has 2 aromatic heterocycles. The highest BCUT2D eigenvalue weighted by molar-refractivity contribution is 5.79. The fraction of sp³-hybridized carbons (Fsp3) is 0.294. The first kappa shape index (κ1) is 15.9. The maximum Gasteiger partial charge on any atom is 0.284 e. The summed E-state index contributed by atoms with van der Waals surface area (Å²) in [6, 6.07) is 4.79. The Labute approximate surface area is 127 Å². The van der Waals surface area contributed by atoms with Crippen molar-refractivity contribution in [2.45, 2.75) is 34.2 Å². The molecule has 0 unspecified atom stereocenters. The Kier molecular flexibility index (Phi) is 4.45. The number of H-pyrrole nitrogens is 1. The van der Waals surface area contributed by atoms with Crippen molar-refractivity contribution >= 4 is 5.57 Å². The van der Waals surface area contributed by atoms with Gasteiger partial charge in [-0.2, -0.15) is 0 Å². The van der Waals surface area contributed by atoms with Gasteiger partial charge in [-0.1, -0.05) is 12.1 Å². The minimum Gasteiger partial charge on any atom is -0.324 e. The Balaban J connectivity index is 2.84. The zero-order valence-corrected chi connectivity index (χ0v) is 13.2. The van der Waals surface area contributed by atoms with E-state index in [9.17, 15) is 14.0 Å². The summed E-state index contributed by atoms with van der Waals surface area (Å²) in [5, 5.41) is 0. The van der Waals surface area contributed by atoms with Gasteiger partial charge in [0.05, 0.1) is 5.69 Å². The van der Waals surface area contributed by atoms with Gasteiger partial charge in [0.25, 0.3) is 11.1 Å². The maximum absolute atomic E-state index is 14.3. The van der Waals surface area contributed by atoms with Gasteiger partial charge in [-0.05, 0) is 39.3 Å². The Hall–Kier alpha value is -2.43. The first-order valence-electron chi connectivity index (χ1n) is 7.17. The first-order chi connectivity index (χ1) is 10.4. The topological polar surface area (TPSA) is 54.9 Å². The summed E-state index contributed by atoms with van der Waals surface area (Å²) < 4.78 is 15.9. The number of aromatic nitrogens is 2. The predicted molar refractivity (Wildman–Crippen MR) is 85.6 cm³/mol. The van der Waals surface area contributed by atoms with Crippen LogP contribution < -0.4 is 11.1 Å². The summed E-state index contributed by atoms with van der Waals surface area (Å²) in [5.74, 6) is -0.836. The molecule has 0 aliphatic carbocycles. The monoisotopic (exact) mass is 302 g/mol. The Bertz CT molecular complexity index is 860. The van der Waals surface area contributed by atoms with Gasteiger partial charge in [0.1, 0.15) is 0 Å². The lowest BCUT2D eigenvalue weighted by atomic mass is 9.98. The van der Waals surface area contributed by atoms with Crippen LogP contribution in [0.25, 0.3) is 5.57 Å². The molecule has 0 saturated heterocycles. The summed E-state index contributed by atoms with van der Waals surface area (Å²) in [6.45, 7) is 7.65. The Morgan fingerprint density at radius 2 is 2.00 bits per heavy atom. The van der Waals surface area contributed by atoms with Crippen LogP contribution in [0.15, 0.2) is 33.9 Å². The molecule has 0 amide bonds. The van der Waals surface area contributed by atoms with Gasteiger partial charge < -0.3 is 9.55 Å². The van der Waals surface area contributed by atoms with Gasteiger partial charge in [-0.15, -0.1) is 0 Å². The second-order valence-corrected chi connectivity index (χ2v) is 5.16. The van der Waals surface area contributed by atoms with E-state index >= 15 is 0 Å². The molecule has 116 valence electrons. The van der Waals surface area contributed by atoms with E-state index in [2.05, 4.69) is 4.98 Å². The minimum atomic E-state index is -0.836. The number of hydrogen-bond acceptors (Lipinski definition) is 2. The molecule has 2 heterocycles. The van der Waals surface area contributed by atoms with Gasteiger partial charge in [-0.25, -0.2) is 4.39 Å². The lowest BCUT2D eigenvalue weighted by Crippen LogP contribution is -2.24. The van der Waals surface area contributed by atoms with Crippen molar-refractivity contribution in [3.8, 4) is 0 Å². The van der Waals surface area contributed by atoms with Crippen LogP contribution in [0.5, 0.6) is 0 Å². The fourth-order valence-electron chi connectivity index (χ4n) is 2.65. The summed E-state index contributed by atoms with van der Waals surface area (Å²) in [6.07, 6.45) is 1.73. The highest BCUT2D eigenvalue weighted by atomic mass is 19.1. The number of allylic oxidation sites excluding steroid dienone is 1. The number of rotatable bonds is 3. The largest absolute Gasteiger partial charge is 0.324 e. The molecule has 22 heavy (non-hydrogen) atoms. The van der Waals surface area contributed by atoms with Crippen molar-refractivity contribution in [2.24, 2.45) is 0 Å². The average Bonchev–Trinajstić information content (AvgIpc) is 2.48. The van der Waals surface area contributed by atoms with Crippen LogP contribution in [0.2, 0.25) is 0 Å². The van der Waals surface area contributed by atoms with Gasteiger partial charge in [0.15, 0.2) is 5.82 Å². The van der Waals surface area contributed by atoms with Crippen LogP contribution in [0, 0.1) is 19.7 Å². The first-order valence-corrected chi connectivity index (χ1v) is 7.17. The molecule has 5 heteroatoms. The molecule has 0 aliphatic rings. The lowest BCUT2D eigenvalue weighted by molar-refractivity contribution is 0.602. The zero-order chi connectivity index (χ0) is 16.4. The molecule has 0 spiro atoms. The number of halogens is 1.